The molecule has 90 valence electrons. The van der Waals surface area contributed by atoms with Crippen molar-refractivity contribution in [2.75, 3.05) is 6.54 Å². The minimum Gasteiger partial charge on any atom is -0.312 e. The Balaban J connectivity index is 2.22. The third kappa shape index (κ3) is 1.72. The molecule has 1 aliphatic rings. The van der Waals surface area contributed by atoms with Crippen LogP contribution in [0, 0.1) is 0 Å². The summed E-state index contributed by atoms with van der Waals surface area (Å²) in [7, 11) is 0. The lowest BCUT2D eigenvalue weighted by Gasteiger charge is -2.17. The molecule has 0 radical (unpaired) electrons. The summed E-state index contributed by atoms with van der Waals surface area (Å²) in [4.78, 5) is 4.49. The second-order valence-electron chi connectivity index (χ2n) is 5.71. The van der Waals surface area contributed by atoms with Crippen LogP contribution < -0.4 is 5.32 Å². The molecule has 2 aromatic rings. The number of nitrogens with zero attached hydrogens (tertiary/aromatic N) is 3. The van der Waals surface area contributed by atoms with E-state index in [9.17, 15) is 0 Å². The Kier molecular flexibility index (Phi) is 2.23. The average Bonchev–Trinajstić information content (AvgIpc) is 2.72. The van der Waals surface area contributed by atoms with E-state index in [1.807, 2.05) is 10.7 Å². The molecule has 0 saturated heterocycles. The quantitative estimate of drug-likeness (QED) is 0.748. The predicted molar refractivity (Wildman–Crippen MR) is 67.1 cm³/mol. The van der Waals surface area contributed by atoms with Crippen molar-refractivity contribution in [3.05, 3.63) is 29.2 Å². The monoisotopic (exact) mass is 230 g/mol. The van der Waals surface area contributed by atoms with Gasteiger partial charge < -0.3 is 5.32 Å². The lowest BCUT2D eigenvalue weighted by molar-refractivity contribution is 0.554. The molecule has 0 fully saturated rings. The van der Waals surface area contributed by atoms with E-state index in [2.05, 4.69) is 37.1 Å². The normalized spacial score (nSPS) is 16.2. The Morgan fingerprint density at radius 2 is 2.18 bits per heavy atom. The first-order chi connectivity index (χ1) is 8.05. The third-order valence-electron chi connectivity index (χ3n) is 3.29. The number of hydrogen-bond acceptors (Lipinski definition) is 3. The Bertz CT molecular complexity index is 563. The van der Waals surface area contributed by atoms with Gasteiger partial charge in [-0.05, 0) is 0 Å². The smallest absolute Gasteiger partial charge is 0.155 e. The molecule has 17 heavy (non-hydrogen) atoms. The fourth-order valence-corrected chi connectivity index (χ4v) is 2.23. The fourth-order valence-electron chi connectivity index (χ4n) is 2.23. The molecule has 4 heteroatoms. The van der Waals surface area contributed by atoms with E-state index >= 15 is 0 Å². The molecule has 0 spiro atoms. The summed E-state index contributed by atoms with van der Waals surface area (Å²) in [5.41, 5.74) is 4.73. The molecule has 1 N–H and O–H groups in total. The Morgan fingerprint density at radius 1 is 1.35 bits per heavy atom. The molecule has 0 atom stereocenters. The van der Waals surface area contributed by atoms with Crippen molar-refractivity contribution in [2.24, 2.45) is 0 Å². The van der Waals surface area contributed by atoms with Crippen molar-refractivity contribution < 1.29 is 0 Å². The number of fused-ring (bicyclic) bond motifs is 3. The van der Waals surface area contributed by atoms with Gasteiger partial charge in [-0.2, -0.15) is 5.10 Å². The van der Waals surface area contributed by atoms with Crippen LogP contribution in [0.2, 0.25) is 0 Å². The zero-order valence-electron chi connectivity index (χ0n) is 10.6. The summed E-state index contributed by atoms with van der Waals surface area (Å²) in [6, 6.07) is 2.10. The lowest BCUT2D eigenvalue weighted by atomic mass is 9.93. The first-order valence-electron chi connectivity index (χ1n) is 6.13. The van der Waals surface area contributed by atoms with Gasteiger partial charge in [-0.25, -0.2) is 9.50 Å². The molecule has 0 bridgehead atoms. The van der Waals surface area contributed by atoms with Gasteiger partial charge in [-0.3, -0.25) is 0 Å². The van der Waals surface area contributed by atoms with Crippen LogP contribution in [0.4, 0.5) is 0 Å². The Morgan fingerprint density at radius 3 is 2.94 bits per heavy atom. The third-order valence-corrected chi connectivity index (χ3v) is 3.29. The first-order valence-corrected chi connectivity index (χ1v) is 6.13. The molecule has 0 amide bonds. The van der Waals surface area contributed by atoms with Crippen LogP contribution >= 0.6 is 0 Å². The fraction of sp³-hybridized carbons (Fsp3) is 0.538. The van der Waals surface area contributed by atoms with E-state index in [0.29, 0.717) is 0 Å². The van der Waals surface area contributed by atoms with E-state index in [-0.39, 0.29) is 5.41 Å². The maximum atomic E-state index is 4.72. The summed E-state index contributed by atoms with van der Waals surface area (Å²) >= 11 is 0. The summed E-state index contributed by atoms with van der Waals surface area (Å²) in [5.74, 6) is 0. The largest absolute Gasteiger partial charge is 0.312 e. The van der Waals surface area contributed by atoms with Crippen molar-refractivity contribution >= 4 is 5.65 Å². The van der Waals surface area contributed by atoms with Gasteiger partial charge in [0, 0.05) is 42.8 Å². The maximum Gasteiger partial charge on any atom is 0.155 e. The molecular weight excluding hydrogens is 212 g/mol. The van der Waals surface area contributed by atoms with Gasteiger partial charge in [0.25, 0.3) is 0 Å². The topological polar surface area (TPSA) is 42.2 Å². The molecule has 0 unspecified atom stereocenters. The second-order valence-corrected chi connectivity index (χ2v) is 5.71. The number of hydrogen-bond donors (Lipinski definition) is 1. The standard InChI is InChI=1S/C13H18N4/c1-13(2,3)11-6-12-15-8-9-7-14-5-4-10(9)17(12)16-11/h6,8,14H,4-5,7H2,1-3H3. The van der Waals surface area contributed by atoms with Crippen LogP contribution in [0.1, 0.15) is 37.7 Å². The van der Waals surface area contributed by atoms with Gasteiger partial charge in [0.05, 0.1) is 11.4 Å². The van der Waals surface area contributed by atoms with Gasteiger partial charge in [-0.1, -0.05) is 20.8 Å². The molecule has 0 aliphatic carbocycles. The summed E-state index contributed by atoms with van der Waals surface area (Å²) < 4.78 is 2.02. The van der Waals surface area contributed by atoms with Gasteiger partial charge in [0.1, 0.15) is 0 Å². The predicted octanol–water partition coefficient (Wildman–Crippen LogP) is 1.67. The molecule has 3 heterocycles. The summed E-state index contributed by atoms with van der Waals surface area (Å²) in [6.07, 6.45) is 3.00. The van der Waals surface area contributed by atoms with Crippen LogP contribution in [0.25, 0.3) is 5.65 Å². The molecule has 3 rings (SSSR count). The van der Waals surface area contributed by atoms with Crippen molar-refractivity contribution in [1.29, 1.82) is 0 Å². The van der Waals surface area contributed by atoms with Gasteiger partial charge in [-0.15, -0.1) is 0 Å². The zero-order chi connectivity index (χ0) is 12.0. The van der Waals surface area contributed by atoms with Crippen LogP contribution in [0.3, 0.4) is 0 Å². The molecular formula is C13H18N4. The highest BCUT2D eigenvalue weighted by Gasteiger charge is 2.20. The Labute approximate surface area is 101 Å². The minimum atomic E-state index is 0.0769. The van der Waals surface area contributed by atoms with E-state index < -0.39 is 0 Å². The van der Waals surface area contributed by atoms with Gasteiger partial charge in [0.2, 0.25) is 0 Å². The van der Waals surface area contributed by atoms with Gasteiger partial charge in [0.15, 0.2) is 5.65 Å². The van der Waals surface area contributed by atoms with Crippen molar-refractivity contribution in [2.45, 2.75) is 39.2 Å². The highest BCUT2D eigenvalue weighted by Crippen LogP contribution is 2.23. The van der Waals surface area contributed by atoms with Crippen molar-refractivity contribution in [1.82, 2.24) is 19.9 Å². The van der Waals surface area contributed by atoms with E-state index in [1.165, 1.54) is 11.3 Å². The zero-order valence-corrected chi connectivity index (χ0v) is 10.6. The first kappa shape index (κ1) is 10.7. The summed E-state index contributed by atoms with van der Waals surface area (Å²) in [6.45, 7) is 8.48. The van der Waals surface area contributed by atoms with Crippen LogP contribution in [-0.2, 0) is 18.4 Å². The van der Waals surface area contributed by atoms with E-state index in [0.717, 1.165) is 30.9 Å². The van der Waals surface area contributed by atoms with Crippen LogP contribution in [0.15, 0.2) is 12.3 Å². The maximum absolute atomic E-state index is 4.72. The summed E-state index contributed by atoms with van der Waals surface area (Å²) in [5, 5.41) is 8.09. The van der Waals surface area contributed by atoms with E-state index in [4.69, 9.17) is 5.10 Å². The molecule has 2 aromatic heterocycles. The van der Waals surface area contributed by atoms with E-state index in [1.54, 1.807) is 0 Å². The van der Waals surface area contributed by atoms with Crippen molar-refractivity contribution in [3.63, 3.8) is 0 Å². The lowest BCUT2D eigenvalue weighted by Crippen LogP contribution is -2.26. The van der Waals surface area contributed by atoms with Gasteiger partial charge >= 0.3 is 0 Å². The highest BCUT2D eigenvalue weighted by atomic mass is 15.3. The molecule has 1 aliphatic heterocycles. The average molecular weight is 230 g/mol. The molecule has 0 saturated carbocycles. The second kappa shape index (κ2) is 3.53. The Hall–Kier alpha value is -1.42. The molecule has 0 aromatic carbocycles. The highest BCUT2D eigenvalue weighted by molar-refractivity contribution is 5.44. The number of rotatable bonds is 0. The van der Waals surface area contributed by atoms with Crippen LogP contribution in [0.5, 0.6) is 0 Å². The van der Waals surface area contributed by atoms with Crippen LogP contribution in [-0.4, -0.2) is 21.1 Å². The number of aromatic nitrogens is 3. The SMILES string of the molecule is CC(C)(C)c1cc2ncc3c(n2n1)CCNC3. The molecule has 4 nitrogen and oxygen atoms in total. The van der Waals surface area contributed by atoms with Crippen molar-refractivity contribution in [3.8, 4) is 0 Å². The number of nitrogens with one attached hydrogen (secondary N) is 1. The minimum absolute atomic E-state index is 0.0769.